The lowest BCUT2D eigenvalue weighted by atomic mass is 10.00. The van der Waals surface area contributed by atoms with Crippen molar-refractivity contribution in [2.24, 2.45) is 7.05 Å². The summed E-state index contributed by atoms with van der Waals surface area (Å²) >= 11 is 0. The Bertz CT molecular complexity index is 1160. The Balaban J connectivity index is 1.67. The molecule has 1 aliphatic heterocycles. The fourth-order valence-electron chi connectivity index (χ4n) is 3.99. The fraction of sp³-hybridized carbons (Fsp3) is 0.333. The molecule has 0 fully saturated rings. The minimum atomic E-state index is 0.851. The maximum atomic E-state index is 5.02. The van der Waals surface area contributed by atoms with Crippen LogP contribution in [0.3, 0.4) is 0 Å². The second kappa shape index (κ2) is 6.53. The molecular weight excluding hydrogens is 350 g/mol. The van der Waals surface area contributed by atoms with E-state index in [0.29, 0.717) is 0 Å². The average Bonchev–Trinajstić information content (AvgIpc) is 3.23. The molecule has 0 unspecified atom stereocenters. The minimum absolute atomic E-state index is 0.851. The maximum Gasteiger partial charge on any atom is 0.163 e. The molecule has 0 atom stereocenters. The van der Waals surface area contributed by atoms with Gasteiger partial charge in [-0.3, -0.25) is 4.68 Å². The zero-order valence-electron chi connectivity index (χ0n) is 16.4. The molecule has 28 heavy (non-hydrogen) atoms. The highest BCUT2D eigenvalue weighted by molar-refractivity contribution is 5.91. The molecule has 0 spiro atoms. The van der Waals surface area contributed by atoms with Crippen LogP contribution in [0.25, 0.3) is 33.7 Å². The highest BCUT2D eigenvalue weighted by atomic mass is 15.3. The summed E-state index contributed by atoms with van der Waals surface area (Å²) in [6.07, 6.45) is 2.82. The SMILES string of the molecule is Cc1cc(-c2cc3n(n2)CCCNC3)nc2c(C)c(-c3nncn3C)ccc12. The Hall–Kier alpha value is -3.06. The van der Waals surface area contributed by atoms with E-state index in [1.807, 2.05) is 11.6 Å². The number of nitrogens with one attached hydrogen (secondary N) is 1. The van der Waals surface area contributed by atoms with Crippen LogP contribution in [0.2, 0.25) is 0 Å². The molecule has 4 heterocycles. The fourth-order valence-corrected chi connectivity index (χ4v) is 3.99. The van der Waals surface area contributed by atoms with Crippen molar-refractivity contribution in [3.8, 4) is 22.8 Å². The van der Waals surface area contributed by atoms with E-state index in [4.69, 9.17) is 10.1 Å². The van der Waals surface area contributed by atoms with Crippen molar-refractivity contribution in [1.82, 2.24) is 34.8 Å². The van der Waals surface area contributed by atoms with Crippen LogP contribution >= 0.6 is 0 Å². The maximum absolute atomic E-state index is 5.02. The second-order valence-corrected chi connectivity index (χ2v) is 7.50. The average molecular weight is 373 g/mol. The summed E-state index contributed by atoms with van der Waals surface area (Å²) in [6, 6.07) is 8.54. The van der Waals surface area contributed by atoms with E-state index in [2.05, 4.69) is 58.3 Å². The third kappa shape index (κ3) is 2.70. The first kappa shape index (κ1) is 17.1. The Morgan fingerprint density at radius 2 is 2.00 bits per heavy atom. The van der Waals surface area contributed by atoms with Crippen molar-refractivity contribution in [3.05, 3.63) is 47.4 Å². The molecule has 7 nitrogen and oxygen atoms in total. The van der Waals surface area contributed by atoms with Crippen LogP contribution in [-0.2, 0) is 20.1 Å². The highest BCUT2D eigenvalue weighted by Crippen LogP contribution is 2.31. The van der Waals surface area contributed by atoms with E-state index in [0.717, 1.165) is 65.3 Å². The van der Waals surface area contributed by atoms with Gasteiger partial charge in [-0.1, -0.05) is 12.1 Å². The third-order valence-corrected chi connectivity index (χ3v) is 5.55. The molecule has 1 N–H and O–H groups in total. The van der Waals surface area contributed by atoms with E-state index in [1.54, 1.807) is 6.33 Å². The van der Waals surface area contributed by atoms with E-state index in [-0.39, 0.29) is 0 Å². The van der Waals surface area contributed by atoms with Gasteiger partial charge in [-0.25, -0.2) is 4.98 Å². The summed E-state index contributed by atoms with van der Waals surface area (Å²) in [5.41, 5.74) is 7.45. The number of fused-ring (bicyclic) bond motifs is 2. The Morgan fingerprint density at radius 3 is 2.82 bits per heavy atom. The van der Waals surface area contributed by atoms with Crippen LogP contribution in [0.1, 0.15) is 23.2 Å². The molecule has 0 amide bonds. The third-order valence-electron chi connectivity index (χ3n) is 5.55. The zero-order valence-corrected chi connectivity index (χ0v) is 16.4. The van der Waals surface area contributed by atoms with Crippen molar-refractivity contribution in [2.75, 3.05) is 6.54 Å². The zero-order chi connectivity index (χ0) is 19.3. The monoisotopic (exact) mass is 373 g/mol. The molecule has 3 aromatic heterocycles. The molecule has 5 rings (SSSR count). The van der Waals surface area contributed by atoms with Gasteiger partial charge in [-0.05, 0) is 50.1 Å². The van der Waals surface area contributed by atoms with Crippen molar-refractivity contribution in [2.45, 2.75) is 33.4 Å². The van der Waals surface area contributed by atoms with Gasteiger partial charge >= 0.3 is 0 Å². The van der Waals surface area contributed by atoms with Crippen LogP contribution in [-0.4, -0.2) is 36.1 Å². The van der Waals surface area contributed by atoms with Crippen molar-refractivity contribution >= 4 is 10.9 Å². The smallest absolute Gasteiger partial charge is 0.163 e. The first-order valence-corrected chi connectivity index (χ1v) is 9.65. The van der Waals surface area contributed by atoms with Gasteiger partial charge in [0.05, 0.1) is 16.9 Å². The molecule has 0 bridgehead atoms. The lowest BCUT2D eigenvalue weighted by Crippen LogP contribution is -2.11. The van der Waals surface area contributed by atoms with E-state index in [9.17, 15) is 0 Å². The molecule has 7 heteroatoms. The summed E-state index contributed by atoms with van der Waals surface area (Å²) in [5.74, 6) is 0.851. The Labute approximate surface area is 163 Å². The van der Waals surface area contributed by atoms with Crippen molar-refractivity contribution < 1.29 is 0 Å². The van der Waals surface area contributed by atoms with Gasteiger partial charge in [0.25, 0.3) is 0 Å². The number of aromatic nitrogens is 6. The van der Waals surface area contributed by atoms with E-state index < -0.39 is 0 Å². The summed E-state index contributed by atoms with van der Waals surface area (Å²) in [7, 11) is 1.96. The van der Waals surface area contributed by atoms with Crippen LogP contribution in [0.4, 0.5) is 0 Å². The standard InChI is InChI=1S/C21H23N7/c1-13-9-18(19-10-15-11-22-7-4-8-28(15)26-19)24-20-14(2)17(6-5-16(13)20)21-25-23-12-27(21)3/h5-6,9-10,12,22H,4,7-8,11H2,1-3H3. The predicted octanol–water partition coefficient (Wildman–Crippen LogP) is 3.00. The Morgan fingerprint density at radius 1 is 1.11 bits per heavy atom. The second-order valence-electron chi connectivity index (χ2n) is 7.50. The summed E-state index contributed by atoms with van der Waals surface area (Å²) in [6.45, 7) is 7.08. The molecule has 142 valence electrons. The Kier molecular flexibility index (Phi) is 3.98. The quantitative estimate of drug-likeness (QED) is 0.585. The lowest BCUT2D eigenvalue weighted by molar-refractivity contribution is 0.589. The molecule has 4 aromatic rings. The van der Waals surface area contributed by atoms with Crippen LogP contribution < -0.4 is 5.32 Å². The molecule has 1 aromatic carbocycles. The number of hydrogen-bond donors (Lipinski definition) is 1. The normalized spacial score (nSPS) is 14.2. The molecule has 1 aliphatic rings. The van der Waals surface area contributed by atoms with Gasteiger partial charge in [0.2, 0.25) is 0 Å². The van der Waals surface area contributed by atoms with E-state index >= 15 is 0 Å². The van der Waals surface area contributed by atoms with Crippen LogP contribution in [0, 0.1) is 13.8 Å². The number of nitrogens with zero attached hydrogens (tertiary/aromatic N) is 6. The lowest BCUT2D eigenvalue weighted by Gasteiger charge is -2.11. The molecule has 0 radical (unpaired) electrons. The topological polar surface area (TPSA) is 73.5 Å². The van der Waals surface area contributed by atoms with Crippen molar-refractivity contribution in [3.63, 3.8) is 0 Å². The molecule has 0 aliphatic carbocycles. The van der Waals surface area contributed by atoms with E-state index in [1.165, 1.54) is 11.3 Å². The largest absolute Gasteiger partial charge is 0.317 e. The molecule has 0 saturated carbocycles. The predicted molar refractivity (Wildman–Crippen MR) is 109 cm³/mol. The number of aryl methyl sites for hydroxylation is 4. The van der Waals surface area contributed by atoms with Crippen LogP contribution in [0.5, 0.6) is 0 Å². The summed E-state index contributed by atoms with van der Waals surface area (Å²) in [5, 5.41) is 17.7. The number of pyridine rings is 1. The van der Waals surface area contributed by atoms with Gasteiger partial charge in [0, 0.05) is 31.1 Å². The van der Waals surface area contributed by atoms with Crippen molar-refractivity contribution in [1.29, 1.82) is 0 Å². The first-order chi connectivity index (χ1) is 13.6. The molecular formula is C21H23N7. The first-order valence-electron chi connectivity index (χ1n) is 9.65. The highest BCUT2D eigenvalue weighted by Gasteiger charge is 2.17. The number of hydrogen-bond acceptors (Lipinski definition) is 5. The molecule has 0 saturated heterocycles. The summed E-state index contributed by atoms with van der Waals surface area (Å²) < 4.78 is 4.05. The van der Waals surface area contributed by atoms with Gasteiger partial charge in [0.1, 0.15) is 12.0 Å². The van der Waals surface area contributed by atoms with Gasteiger partial charge in [-0.15, -0.1) is 10.2 Å². The number of benzene rings is 1. The summed E-state index contributed by atoms with van der Waals surface area (Å²) in [4.78, 5) is 5.02. The van der Waals surface area contributed by atoms with Gasteiger partial charge in [0.15, 0.2) is 5.82 Å². The van der Waals surface area contributed by atoms with Gasteiger partial charge in [-0.2, -0.15) is 5.10 Å². The minimum Gasteiger partial charge on any atom is -0.317 e. The van der Waals surface area contributed by atoms with Crippen LogP contribution in [0.15, 0.2) is 30.6 Å². The van der Waals surface area contributed by atoms with Gasteiger partial charge < -0.3 is 9.88 Å². The number of rotatable bonds is 2.